The van der Waals surface area contributed by atoms with Crippen LogP contribution in [0, 0.1) is 0 Å². The minimum Gasteiger partial charge on any atom is -0.496 e. The maximum Gasteiger partial charge on any atom is 0.188 e. The Morgan fingerprint density at radius 2 is 1.90 bits per heavy atom. The fraction of sp³-hybridized carbons (Fsp3) is 0.0769. The van der Waals surface area contributed by atoms with E-state index < -0.39 is 0 Å². The van der Waals surface area contributed by atoms with Gasteiger partial charge in [0.2, 0.25) is 0 Å². The lowest BCUT2D eigenvalue weighted by Gasteiger charge is -2.11. The zero-order chi connectivity index (χ0) is 15.4. The first-order valence-electron chi connectivity index (χ1n) is 5.70. The van der Waals surface area contributed by atoms with Crippen LogP contribution < -0.4 is 15.2 Å². The number of ether oxygens (including phenoxy) is 2. The van der Waals surface area contributed by atoms with Crippen molar-refractivity contribution < 1.29 is 14.7 Å². The van der Waals surface area contributed by atoms with Crippen LogP contribution >= 0.6 is 31.9 Å². The van der Waals surface area contributed by atoms with Gasteiger partial charge in [0, 0.05) is 0 Å². The maximum absolute atomic E-state index is 8.58. The maximum atomic E-state index is 8.58. The fourth-order valence-corrected chi connectivity index (χ4v) is 2.40. The minimum absolute atomic E-state index is 0.0603. The van der Waals surface area contributed by atoms with Crippen molar-refractivity contribution in [2.24, 2.45) is 10.9 Å². The number of pyridine rings is 1. The van der Waals surface area contributed by atoms with E-state index in [1.807, 2.05) is 0 Å². The van der Waals surface area contributed by atoms with Crippen molar-refractivity contribution in [3.63, 3.8) is 0 Å². The second kappa shape index (κ2) is 6.77. The summed E-state index contributed by atoms with van der Waals surface area (Å²) in [6.07, 6.45) is 1.48. The van der Waals surface area contributed by atoms with E-state index in [0.29, 0.717) is 22.9 Å². The molecule has 2 aromatic rings. The van der Waals surface area contributed by atoms with Crippen LogP contribution in [0.5, 0.6) is 17.2 Å². The monoisotopic (exact) mass is 415 g/mol. The average Bonchev–Trinajstić information content (AvgIpc) is 2.50. The number of hydrogen-bond donors (Lipinski definition) is 2. The molecule has 0 fully saturated rings. The number of halogens is 2. The average molecular weight is 417 g/mol. The lowest BCUT2D eigenvalue weighted by molar-refractivity contribution is 0.318. The van der Waals surface area contributed by atoms with Crippen molar-refractivity contribution in [3.8, 4) is 17.2 Å². The van der Waals surface area contributed by atoms with Crippen molar-refractivity contribution in [1.29, 1.82) is 0 Å². The highest BCUT2D eigenvalue weighted by molar-refractivity contribution is 9.11. The Labute approximate surface area is 137 Å². The molecule has 6 nitrogen and oxygen atoms in total. The fourth-order valence-electron chi connectivity index (χ4n) is 1.52. The molecule has 0 bridgehead atoms. The third-order valence-electron chi connectivity index (χ3n) is 2.54. The lowest BCUT2D eigenvalue weighted by Crippen LogP contribution is -2.14. The van der Waals surface area contributed by atoms with Crippen LogP contribution in [0.3, 0.4) is 0 Å². The molecule has 0 aliphatic heterocycles. The quantitative estimate of drug-likeness (QED) is 0.344. The summed E-state index contributed by atoms with van der Waals surface area (Å²) in [4.78, 5) is 4.04. The van der Waals surface area contributed by atoms with Crippen LogP contribution in [0.15, 0.2) is 44.6 Å². The van der Waals surface area contributed by atoms with Crippen LogP contribution in [-0.2, 0) is 0 Å². The van der Waals surface area contributed by atoms with Gasteiger partial charge in [0.15, 0.2) is 5.84 Å². The largest absolute Gasteiger partial charge is 0.496 e. The van der Waals surface area contributed by atoms with Crippen LogP contribution in [-0.4, -0.2) is 23.1 Å². The summed E-state index contributed by atoms with van der Waals surface area (Å²) in [5, 5.41) is 11.5. The Morgan fingerprint density at radius 3 is 2.48 bits per heavy atom. The van der Waals surface area contributed by atoms with Crippen LogP contribution in [0.2, 0.25) is 0 Å². The molecule has 0 amide bonds. The van der Waals surface area contributed by atoms with Crippen LogP contribution in [0.1, 0.15) is 5.69 Å². The number of hydrogen-bond acceptors (Lipinski definition) is 5. The smallest absolute Gasteiger partial charge is 0.188 e. The summed E-state index contributed by atoms with van der Waals surface area (Å²) in [5.74, 6) is 1.74. The molecule has 2 rings (SSSR count). The number of nitrogens with zero attached hydrogens (tertiary/aromatic N) is 2. The molecule has 0 spiro atoms. The Hall–Kier alpha value is -1.80. The molecule has 1 aromatic heterocycles. The first-order chi connectivity index (χ1) is 10.0. The number of aromatic nitrogens is 1. The zero-order valence-electron chi connectivity index (χ0n) is 10.9. The second-order valence-corrected chi connectivity index (χ2v) is 5.59. The van der Waals surface area contributed by atoms with Gasteiger partial charge in [0.05, 0.1) is 22.3 Å². The Bertz CT molecular complexity index is 675. The molecule has 0 aliphatic carbocycles. The predicted molar refractivity (Wildman–Crippen MR) is 85.2 cm³/mol. The van der Waals surface area contributed by atoms with E-state index in [1.165, 1.54) is 6.20 Å². The van der Waals surface area contributed by atoms with Gasteiger partial charge in [-0.2, -0.15) is 0 Å². The summed E-state index contributed by atoms with van der Waals surface area (Å²) in [6, 6.07) is 6.83. The Morgan fingerprint density at radius 1 is 1.24 bits per heavy atom. The molecule has 110 valence electrons. The normalized spacial score (nSPS) is 11.3. The van der Waals surface area contributed by atoms with Crippen LogP contribution in [0.25, 0.3) is 0 Å². The second-order valence-electron chi connectivity index (χ2n) is 3.88. The number of oxime groups is 1. The van der Waals surface area contributed by atoms with Crippen molar-refractivity contribution in [2.75, 3.05) is 7.11 Å². The van der Waals surface area contributed by atoms with Crippen LogP contribution in [0.4, 0.5) is 0 Å². The summed E-state index contributed by atoms with van der Waals surface area (Å²) in [7, 11) is 1.59. The lowest BCUT2D eigenvalue weighted by atomic mass is 10.3. The van der Waals surface area contributed by atoms with E-state index in [2.05, 4.69) is 42.0 Å². The molecule has 0 unspecified atom stereocenters. The number of methoxy groups -OCH3 is 1. The van der Waals surface area contributed by atoms with Gasteiger partial charge in [-0.25, -0.2) is 4.98 Å². The molecule has 3 N–H and O–H groups in total. The SMILES string of the molecule is COc1cc(Br)c(Oc2ccc(/C(N)=N/O)nc2)cc1Br. The van der Waals surface area contributed by atoms with Crippen molar-refractivity contribution in [1.82, 2.24) is 4.98 Å². The molecule has 0 saturated heterocycles. The van der Waals surface area contributed by atoms with E-state index in [4.69, 9.17) is 20.4 Å². The first-order valence-corrected chi connectivity index (χ1v) is 7.28. The van der Waals surface area contributed by atoms with Crippen molar-refractivity contribution >= 4 is 37.7 Å². The molecule has 0 saturated carbocycles. The Kier molecular flexibility index (Phi) is 5.03. The van der Waals surface area contributed by atoms with E-state index >= 15 is 0 Å². The number of amidine groups is 1. The number of rotatable bonds is 4. The standard InChI is InChI=1S/C13H11Br2N3O3/c1-20-11-4-9(15)12(5-8(11)14)21-7-2-3-10(17-6-7)13(16)18-19/h2-6,19H,1H3,(H2,16,18). The molecule has 0 atom stereocenters. The van der Waals surface area contributed by atoms with Crippen molar-refractivity contribution in [2.45, 2.75) is 0 Å². The predicted octanol–water partition coefficient (Wildman–Crippen LogP) is 3.50. The molecular weight excluding hydrogens is 406 g/mol. The first kappa shape index (κ1) is 15.6. The number of benzene rings is 1. The van der Waals surface area contributed by atoms with Gasteiger partial charge in [-0.05, 0) is 56.1 Å². The summed E-state index contributed by atoms with van der Waals surface area (Å²) < 4.78 is 12.4. The van der Waals surface area contributed by atoms with Gasteiger partial charge < -0.3 is 20.4 Å². The molecule has 1 aromatic carbocycles. The van der Waals surface area contributed by atoms with E-state index in [-0.39, 0.29) is 5.84 Å². The molecule has 0 radical (unpaired) electrons. The van der Waals surface area contributed by atoms with Gasteiger partial charge >= 0.3 is 0 Å². The molecule has 8 heteroatoms. The highest BCUT2D eigenvalue weighted by Crippen LogP contribution is 2.37. The van der Waals surface area contributed by atoms with E-state index in [9.17, 15) is 0 Å². The molecular formula is C13H11Br2N3O3. The molecule has 0 aliphatic rings. The van der Waals surface area contributed by atoms with E-state index in [1.54, 1.807) is 31.4 Å². The molecule has 1 heterocycles. The van der Waals surface area contributed by atoms with Gasteiger partial charge in [-0.3, -0.25) is 0 Å². The van der Waals surface area contributed by atoms with Gasteiger partial charge in [-0.15, -0.1) is 0 Å². The van der Waals surface area contributed by atoms with Gasteiger partial charge in [0.1, 0.15) is 22.9 Å². The summed E-state index contributed by atoms with van der Waals surface area (Å²) >= 11 is 6.80. The van der Waals surface area contributed by atoms with Gasteiger partial charge in [0.25, 0.3) is 0 Å². The third-order valence-corrected chi connectivity index (χ3v) is 3.78. The Balaban J connectivity index is 2.24. The topological polar surface area (TPSA) is 90.0 Å². The highest BCUT2D eigenvalue weighted by atomic mass is 79.9. The summed E-state index contributed by atoms with van der Waals surface area (Å²) in [5.41, 5.74) is 5.80. The molecule has 21 heavy (non-hydrogen) atoms. The van der Waals surface area contributed by atoms with E-state index in [0.717, 1.165) is 8.95 Å². The highest BCUT2D eigenvalue weighted by Gasteiger charge is 2.10. The summed E-state index contributed by atoms with van der Waals surface area (Å²) in [6.45, 7) is 0. The van der Waals surface area contributed by atoms with Gasteiger partial charge in [-0.1, -0.05) is 5.16 Å². The minimum atomic E-state index is -0.0603. The zero-order valence-corrected chi connectivity index (χ0v) is 14.1. The third kappa shape index (κ3) is 3.64. The number of nitrogens with two attached hydrogens (primary N) is 1. The van der Waals surface area contributed by atoms with Crippen molar-refractivity contribution in [3.05, 3.63) is 45.1 Å².